The lowest BCUT2D eigenvalue weighted by molar-refractivity contribution is -0.385. The SMILES string of the molecule is NS(=O)(=O)c1cc([N+](=O)[O-])cc(C(=O)N2CCCC2)c1F. The summed E-state index contributed by atoms with van der Waals surface area (Å²) in [5, 5.41) is 15.6. The van der Waals surface area contributed by atoms with Crippen LogP contribution >= 0.6 is 0 Å². The monoisotopic (exact) mass is 317 g/mol. The van der Waals surface area contributed by atoms with Crippen molar-refractivity contribution in [3.05, 3.63) is 33.6 Å². The lowest BCUT2D eigenvalue weighted by Gasteiger charge is -2.16. The quantitative estimate of drug-likeness (QED) is 0.646. The van der Waals surface area contributed by atoms with Crippen LogP contribution in [-0.4, -0.2) is 37.2 Å². The van der Waals surface area contributed by atoms with Crippen molar-refractivity contribution in [2.45, 2.75) is 17.7 Å². The molecule has 1 aliphatic heterocycles. The first-order valence-electron chi connectivity index (χ1n) is 6.02. The van der Waals surface area contributed by atoms with Gasteiger partial charge >= 0.3 is 0 Å². The Bertz CT molecular complexity index is 713. The lowest BCUT2D eigenvalue weighted by atomic mass is 10.1. The first-order valence-corrected chi connectivity index (χ1v) is 7.56. The Morgan fingerprint density at radius 2 is 1.90 bits per heavy atom. The minimum Gasteiger partial charge on any atom is -0.339 e. The largest absolute Gasteiger partial charge is 0.339 e. The van der Waals surface area contributed by atoms with Crippen LogP contribution in [0.2, 0.25) is 0 Å². The number of amides is 1. The molecule has 0 bridgehead atoms. The van der Waals surface area contributed by atoms with E-state index in [1.165, 1.54) is 4.90 Å². The molecule has 1 aromatic rings. The summed E-state index contributed by atoms with van der Waals surface area (Å²) in [4.78, 5) is 22.3. The van der Waals surface area contributed by atoms with Gasteiger partial charge in [-0.1, -0.05) is 0 Å². The van der Waals surface area contributed by atoms with Gasteiger partial charge in [-0.25, -0.2) is 17.9 Å². The molecular formula is C11H12FN3O5S. The van der Waals surface area contributed by atoms with Gasteiger partial charge in [0.25, 0.3) is 11.6 Å². The van der Waals surface area contributed by atoms with Crippen molar-refractivity contribution in [3.8, 4) is 0 Å². The van der Waals surface area contributed by atoms with Crippen LogP contribution in [0.4, 0.5) is 10.1 Å². The zero-order chi connectivity index (χ0) is 15.8. The van der Waals surface area contributed by atoms with E-state index >= 15 is 0 Å². The molecule has 0 aliphatic carbocycles. The number of benzene rings is 1. The smallest absolute Gasteiger partial charge is 0.271 e. The molecule has 114 valence electrons. The Balaban J connectivity index is 2.61. The van der Waals surface area contributed by atoms with Crippen LogP contribution < -0.4 is 5.14 Å². The Kier molecular flexibility index (Phi) is 3.92. The Hall–Kier alpha value is -2.07. The van der Waals surface area contributed by atoms with Crippen molar-refractivity contribution < 1.29 is 22.5 Å². The summed E-state index contributed by atoms with van der Waals surface area (Å²) < 4.78 is 36.8. The van der Waals surface area contributed by atoms with Crippen molar-refractivity contribution in [3.63, 3.8) is 0 Å². The van der Waals surface area contributed by atoms with Gasteiger partial charge in [0, 0.05) is 25.2 Å². The first-order chi connectivity index (χ1) is 9.71. The third-order valence-corrected chi connectivity index (χ3v) is 4.08. The van der Waals surface area contributed by atoms with Crippen LogP contribution in [-0.2, 0) is 10.0 Å². The molecular weight excluding hydrogens is 305 g/mol. The summed E-state index contributed by atoms with van der Waals surface area (Å²) in [5.41, 5.74) is -1.36. The van der Waals surface area contributed by atoms with E-state index in [4.69, 9.17) is 5.14 Å². The number of halogens is 1. The molecule has 21 heavy (non-hydrogen) atoms. The van der Waals surface area contributed by atoms with Crippen LogP contribution in [0.25, 0.3) is 0 Å². The van der Waals surface area contributed by atoms with E-state index in [0.717, 1.165) is 18.9 Å². The summed E-state index contributed by atoms with van der Waals surface area (Å²) in [5.74, 6) is -2.14. The second-order valence-electron chi connectivity index (χ2n) is 4.61. The van der Waals surface area contributed by atoms with Crippen LogP contribution in [0, 0.1) is 15.9 Å². The standard InChI is InChI=1S/C11H12FN3O5S/c12-10-8(11(16)14-3-1-2-4-14)5-7(15(17)18)6-9(10)21(13,19)20/h5-6H,1-4H2,(H2,13,19,20). The maximum Gasteiger partial charge on any atom is 0.271 e. The van der Waals surface area contributed by atoms with Gasteiger partial charge in [0.05, 0.1) is 10.5 Å². The van der Waals surface area contributed by atoms with Gasteiger partial charge < -0.3 is 4.90 Å². The molecule has 1 aromatic carbocycles. The summed E-state index contributed by atoms with van der Waals surface area (Å²) in [6.07, 6.45) is 1.48. The Labute approximate surface area is 119 Å². The number of rotatable bonds is 3. The highest BCUT2D eigenvalue weighted by molar-refractivity contribution is 7.89. The average Bonchev–Trinajstić information content (AvgIpc) is 2.90. The zero-order valence-electron chi connectivity index (χ0n) is 10.8. The number of hydrogen-bond acceptors (Lipinski definition) is 5. The Morgan fingerprint density at radius 1 is 1.33 bits per heavy atom. The average molecular weight is 317 g/mol. The number of carbonyl (C=O) groups is 1. The fourth-order valence-electron chi connectivity index (χ4n) is 2.14. The number of likely N-dealkylation sites (tertiary alicyclic amines) is 1. The number of nitrogens with two attached hydrogens (primary N) is 1. The highest BCUT2D eigenvalue weighted by Crippen LogP contribution is 2.26. The maximum absolute atomic E-state index is 14.2. The van der Waals surface area contributed by atoms with Gasteiger partial charge in [-0.15, -0.1) is 0 Å². The van der Waals surface area contributed by atoms with E-state index in [1.54, 1.807) is 0 Å². The van der Waals surface area contributed by atoms with Gasteiger partial charge in [0.2, 0.25) is 10.0 Å². The summed E-state index contributed by atoms with van der Waals surface area (Å²) >= 11 is 0. The van der Waals surface area contributed by atoms with Gasteiger partial charge in [0.15, 0.2) is 5.82 Å². The number of sulfonamides is 1. The number of primary sulfonamides is 1. The molecule has 1 fully saturated rings. The van der Waals surface area contributed by atoms with E-state index in [9.17, 15) is 27.7 Å². The predicted octanol–water partition coefficient (Wildman–Crippen LogP) is 0.617. The predicted molar refractivity (Wildman–Crippen MR) is 69.6 cm³/mol. The first kappa shape index (κ1) is 15.3. The number of nitro groups is 1. The van der Waals surface area contributed by atoms with Gasteiger partial charge in [-0.2, -0.15) is 0 Å². The summed E-state index contributed by atoms with van der Waals surface area (Å²) in [6, 6.07) is 1.23. The summed E-state index contributed by atoms with van der Waals surface area (Å²) in [6.45, 7) is 0.789. The van der Waals surface area contributed by atoms with Crippen LogP contribution in [0.15, 0.2) is 17.0 Å². The topological polar surface area (TPSA) is 124 Å². The van der Waals surface area contributed by atoms with E-state index in [-0.39, 0.29) is 0 Å². The van der Waals surface area contributed by atoms with Crippen molar-refractivity contribution in [2.75, 3.05) is 13.1 Å². The van der Waals surface area contributed by atoms with E-state index in [2.05, 4.69) is 0 Å². The highest BCUT2D eigenvalue weighted by atomic mass is 32.2. The molecule has 1 heterocycles. The van der Waals surface area contributed by atoms with Crippen molar-refractivity contribution in [2.24, 2.45) is 5.14 Å². The van der Waals surface area contributed by atoms with Crippen LogP contribution in [0.1, 0.15) is 23.2 Å². The molecule has 1 aliphatic rings. The number of nitro benzene ring substituents is 1. The fraction of sp³-hybridized carbons (Fsp3) is 0.364. The Morgan fingerprint density at radius 3 is 2.38 bits per heavy atom. The van der Waals surface area contributed by atoms with Crippen molar-refractivity contribution in [1.29, 1.82) is 0 Å². The molecule has 10 heteroatoms. The van der Waals surface area contributed by atoms with E-state index in [1.807, 2.05) is 0 Å². The second-order valence-corrected chi connectivity index (χ2v) is 6.14. The number of non-ortho nitro benzene ring substituents is 1. The van der Waals surface area contributed by atoms with Gasteiger partial charge in [0.1, 0.15) is 4.90 Å². The normalized spacial score (nSPS) is 15.2. The molecule has 0 aromatic heterocycles. The third kappa shape index (κ3) is 3.00. The molecule has 2 N–H and O–H groups in total. The van der Waals surface area contributed by atoms with E-state index < -0.39 is 42.8 Å². The molecule has 8 nitrogen and oxygen atoms in total. The summed E-state index contributed by atoms with van der Waals surface area (Å²) in [7, 11) is -4.52. The van der Waals surface area contributed by atoms with Crippen LogP contribution in [0.5, 0.6) is 0 Å². The van der Waals surface area contributed by atoms with Crippen molar-refractivity contribution >= 4 is 21.6 Å². The third-order valence-electron chi connectivity index (χ3n) is 3.17. The fourth-order valence-corrected chi connectivity index (χ4v) is 2.79. The molecule has 0 atom stereocenters. The number of hydrogen-bond donors (Lipinski definition) is 1. The molecule has 0 spiro atoms. The molecule has 0 saturated carbocycles. The second kappa shape index (κ2) is 5.37. The molecule has 2 rings (SSSR count). The van der Waals surface area contributed by atoms with Crippen molar-refractivity contribution in [1.82, 2.24) is 4.90 Å². The van der Waals surface area contributed by atoms with Gasteiger partial charge in [-0.3, -0.25) is 14.9 Å². The molecule has 1 amide bonds. The van der Waals surface area contributed by atoms with E-state index in [0.29, 0.717) is 19.2 Å². The maximum atomic E-state index is 14.2. The van der Waals surface area contributed by atoms with Crippen LogP contribution in [0.3, 0.4) is 0 Å². The minimum absolute atomic E-state index is 0.395. The lowest BCUT2D eigenvalue weighted by Crippen LogP contribution is -2.29. The molecule has 0 radical (unpaired) electrons. The molecule has 0 unspecified atom stereocenters. The number of nitrogens with zero attached hydrogens (tertiary/aromatic N) is 2. The minimum atomic E-state index is -4.52. The van der Waals surface area contributed by atoms with Gasteiger partial charge in [-0.05, 0) is 12.8 Å². The molecule has 1 saturated heterocycles. The number of carbonyl (C=O) groups excluding carboxylic acids is 1. The zero-order valence-corrected chi connectivity index (χ0v) is 11.6. The highest BCUT2D eigenvalue weighted by Gasteiger charge is 2.29.